The van der Waals surface area contributed by atoms with Gasteiger partial charge in [-0.1, -0.05) is 51.5 Å². The number of nitrogens with one attached hydrogen (secondary N) is 1. The summed E-state index contributed by atoms with van der Waals surface area (Å²) in [6, 6.07) is 11.2. The largest absolute Gasteiger partial charge is 0.413 e. The number of carbonyl (C=O) groups excluding carboxylic acids is 2. The number of hydrogen-bond acceptors (Lipinski definition) is 5. The zero-order valence-electron chi connectivity index (χ0n) is 24.2. The molecule has 1 aliphatic rings. The third-order valence-corrected chi connectivity index (χ3v) is 14.2. The quantitative estimate of drug-likeness (QED) is 0.341. The van der Waals surface area contributed by atoms with Gasteiger partial charge in [0, 0.05) is 0 Å². The van der Waals surface area contributed by atoms with Crippen LogP contribution in [-0.4, -0.2) is 40.7 Å². The lowest BCUT2D eigenvalue weighted by molar-refractivity contribution is -0.144. The molecule has 0 aliphatic carbocycles. The lowest BCUT2D eigenvalue weighted by Gasteiger charge is -2.47. The lowest BCUT2D eigenvalue weighted by atomic mass is 9.78. The second kappa shape index (κ2) is 10.6. The van der Waals surface area contributed by atoms with Crippen LogP contribution in [0, 0.1) is 32.6 Å². The highest BCUT2D eigenvalue weighted by atomic mass is 32.2. The summed E-state index contributed by atoms with van der Waals surface area (Å²) in [7, 11) is -6.39. The van der Waals surface area contributed by atoms with E-state index in [9.17, 15) is 18.0 Å². The van der Waals surface area contributed by atoms with Crippen molar-refractivity contribution in [2.45, 2.75) is 90.6 Å². The summed E-state index contributed by atoms with van der Waals surface area (Å²) in [5.41, 5.74) is 2.89. The lowest BCUT2D eigenvalue weighted by Crippen LogP contribution is -2.67. The highest BCUT2D eigenvalue weighted by Crippen LogP contribution is 2.40. The van der Waals surface area contributed by atoms with Crippen LogP contribution in [0.5, 0.6) is 0 Å². The van der Waals surface area contributed by atoms with E-state index in [0.717, 1.165) is 21.0 Å². The van der Waals surface area contributed by atoms with E-state index >= 15 is 0 Å². The fraction of sp³-hybridized carbons (Fsp3) is 0.517. The first-order chi connectivity index (χ1) is 17.4. The Morgan fingerprint density at radius 1 is 0.974 bits per heavy atom. The number of rotatable bonds is 8. The average Bonchev–Trinajstić information content (AvgIpc) is 2.75. The van der Waals surface area contributed by atoms with Crippen molar-refractivity contribution in [3.05, 3.63) is 59.2 Å². The Kier molecular flexibility index (Phi) is 8.37. The summed E-state index contributed by atoms with van der Waals surface area (Å²) in [6.45, 7) is 19.8. The van der Waals surface area contributed by atoms with E-state index < -0.39 is 48.2 Å². The van der Waals surface area contributed by atoms with Gasteiger partial charge in [0.2, 0.25) is 11.8 Å². The van der Waals surface area contributed by atoms with Gasteiger partial charge in [-0.05, 0) is 81.2 Å². The maximum atomic E-state index is 14.1. The molecule has 2 amide bonds. The minimum Gasteiger partial charge on any atom is -0.413 e. The van der Waals surface area contributed by atoms with Crippen LogP contribution >= 0.6 is 0 Å². The molecule has 1 heterocycles. The highest BCUT2D eigenvalue weighted by Gasteiger charge is 2.52. The van der Waals surface area contributed by atoms with E-state index in [1.165, 1.54) is 12.1 Å². The van der Waals surface area contributed by atoms with Crippen molar-refractivity contribution in [2.24, 2.45) is 11.8 Å². The molecule has 0 bridgehead atoms. The summed E-state index contributed by atoms with van der Waals surface area (Å²) in [4.78, 5) is 26.8. The van der Waals surface area contributed by atoms with Gasteiger partial charge in [0.1, 0.15) is 0 Å². The normalized spacial score (nSPS) is 19.8. The number of hydrogen-bond donors (Lipinski definition) is 1. The first-order valence-electron chi connectivity index (χ1n) is 13.1. The Hall–Kier alpha value is -2.49. The van der Waals surface area contributed by atoms with E-state index in [2.05, 4.69) is 39.2 Å². The third kappa shape index (κ3) is 5.89. The molecule has 9 heteroatoms. The van der Waals surface area contributed by atoms with Crippen LogP contribution in [-0.2, 0) is 24.0 Å². The maximum Gasteiger partial charge on any atom is 0.270 e. The van der Waals surface area contributed by atoms with E-state index in [4.69, 9.17) is 4.43 Å². The number of sulfonamides is 1. The van der Waals surface area contributed by atoms with E-state index in [0.29, 0.717) is 0 Å². The molecule has 0 saturated carbocycles. The van der Waals surface area contributed by atoms with Crippen molar-refractivity contribution in [3.8, 4) is 0 Å². The number of carbonyl (C=O) groups is 2. The Balaban J connectivity index is 2.00. The van der Waals surface area contributed by atoms with Gasteiger partial charge in [-0.25, -0.2) is 12.7 Å². The standard InChI is InChI=1S/C29H42N2O5SSi/c1-18-11-13-24(14-12-18)37(34,35)31(23-16-19(2)15-20(3)17-23)28(33)21(4)26-25(27(32)30-26)22(5)36-38(9,10)29(6,7)8/h11-17,21-22,25-26H,1-10H3,(H,30,32)/t21-,22-,25-,26-/m1/s1. The van der Waals surface area contributed by atoms with Gasteiger partial charge in [0.15, 0.2) is 8.32 Å². The SMILES string of the molecule is Cc1ccc(S(=O)(=O)N(C(=O)[C@H](C)[C@H]2NC(=O)[C@@H]2[C@@H](C)O[Si](C)(C)C(C)(C)C)c2cc(C)cc(C)c2)cc1. The number of benzene rings is 2. The van der Waals surface area contributed by atoms with Crippen molar-refractivity contribution in [3.63, 3.8) is 0 Å². The van der Waals surface area contributed by atoms with Gasteiger partial charge in [0.25, 0.3) is 10.0 Å². The summed E-state index contributed by atoms with van der Waals surface area (Å²) in [5.74, 6) is -2.12. The molecule has 1 N–H and O–H groups in total. The number of nitrogens with zero attached hydrogens (tertiary/aromatic N) is 1. The van der Waals surface area contributed by atoms with Crippen LogP contribution in [0.1, 0.15) is 51.3 Å². The second-order valence-electron chi connectivity index (χ2n) is 12.2. The minimum absolute atomic E-state index is 0.0339. The molecule has 0 spiro atoms. The second-order valence-corrected chi connectivity index (χ2v) is 18.7. The van der Waals surface area contributed by atoms with Gasteiger partial charge in [0.05, 0.1) is 34.6 Å². The molecule has 1 fully saturated rings. The fourth-order valence-electron chi connectivity index (χ4n) is 4.68. The topological polar surface area (TPSA) is 92.8 Å². The van der Waals surface area contributed by atoms with Crippen molar-refractivity contribution < 1.29 is 22.4 Å². The third-order valence-electron chi connectivity index (χ3n) is 7.92. The molecule has 1 saturated heterocycles. The molecule has 38 heavy (non-hydrogen) atoms. The first-order valence-corrected chi connectivity index (χ1v) is 17.4. The molecule has 0 radical (unpaired) electrons. The molecule has 0 unspecified atom stereocenters. The molecule has 0 aromatic heterocycles. The minimum atomic E-state index is -4.22. The number of anilines is 1. The van der Waals surface area contributed by atoms with Crippen LogP contribution < -0.4 is 9.62 Å². The zero-order valence-corrected chi connectivity index (χ0v) is 26.1. The van der Waals surface area contributed by atoms with Crippen LogP contribution in [0.4, 0.5) is 5.69 Å². The molecule has 2 aromatic carbocycles. The number of aryl methyl sites for hydroxylation is 3. The predicted octanol–water partition coefficient (Wildman–Crippen LogP) is 5.49. The van der Waals surface area contributed by atoms with Crippen molar-refractivity contribution in [1.82, 2.24) is 5.32 Å². The molecule has 7 nitrogen and oxygen atoms in total. The Bertz CT molecular complexity index is 1300. The number of β-lactam (4-membered cyclic amide) rings is 1. The maximum absolute atomic E-state index is 14.1. The zero-order chi connectivity index (χ0) is 28.8. The summed E-state index contributed by atoms with van der Waals surface area (Å²) >= 11 is 0. The van der Waals surface area contributed by atoms with Gasteiger partial charge < -0.3 is 9.74 Å². The van der Waals surface area contributed by atoms with Crippen LogP contribution in [0.15, 0.2) is 47.4 Å². The average molecular weight is 559 g/mol. The molecule has 208 valence electrons. The van der Waals surface area contributed by atoms with Crippen LogP contribution in [0.25, 0.3) is 0 Å². The van der Waals surface area contributed by atoms with Gasteiger partial charge in [-0.15, -0.1) is 0 Å². The van der Waals surface area contributed by atoms with E-state index in [1.807, 2.05) is 33.8 Å². The molecule has 2 aromatic rings. The molecular weight excluding hydrogens is 516 g/mol. The molecular formula is C29H42N2O5SSi. The predicted molar refractivity (Wildman–Crippen MR) is 154 cm³/mol. The monoisotopic (exact) mass is 558 g/mol. The summed E-state index contributed by atoms with van der Waals surface area (Å²) < 4.78 is 35.2. The van der Waals surface area contributed by atoms with Gasteiger partial charge >= 0.3 is 0 Å². The van der Waals surface area contributed by atoms with Crippen LogP contribution in [0.2, 0.25) is 18.1 Å². The van der Waals surface area contributed by atoms with Crippen molar-refractivity contribution >= 4 is 35.8 Å². The Labute approximate surface area is 229 Å². The molecule has 3 rings (SSSR count). The van der Waals surface area contributed by atoms with Gasteiger partial charge in [-0.2, -0.15) is 0 Å². The Morgan fingerprint density at radius 3 is 1.97 bits per heavy atom. The van der Waals surface area contributed by atoms with Crippen molar-refractivity contribution in [2.75, 3.05) is 4.31 Å². The summed E-state index contributed by atoms with van der Waals surface area (Å²) in [6.07, 6.45) is -0.409. The van der Waals surface area contributed by atoms with E-state index in [1.54, 1.807) is 31.2 Å². The van der Waals surface area contributed by atoms with Crippen LogP contribution in [0.3, 0.4) is 0 Å². The fourth-order valence-corrected chi connectivity index (χ4v) is 7.59. The number of amides is 2. The summed E-state index contributed by atoms with van der Waals surface area (Å²) in [5, 5.41) is 2.82. The highest BCUT2D eigenvalue weighted by molar-refractivity contribution is 7.93. The first kappa shape index (κ1) is 30.1. The molecule has 4 atom stereocenters. The van der Waals surface area contributed by atoms with E-state index in [-0.39, 0.29) is 21.5 Å². The Morgan fingerprint density at radius 2 is 1.50 bits per heavy atom. The molecule has 1 aliphatic heterocycles. The van der Waals surface area contributed by atoms with Crippen molar-refractivity contribution in [1.29, 1.82) is 0 Å². The smallest absolute Gasteiger partial charge is 0.270 e. The van der Waals surface area contributed by atoms with Gasteiger partial charge in [-0.3, -0.25) is 9.59 Å².